The van der Waals surface area contributed by atoms with E-state index >= 15 is 0 Å². The lowest BCUT2D eigenvalue weighted by Gasteiger charge is -2.20. The summed E-state index contributed by atoms with van der Waals surface area (Å²) >= 11 is 0. The van der Waals surface area contributed by atoms with Gasteiger partial charge in [0.1, 0.15) is 0 Å². The van der Waals surface area contributed by atoms with Crippen LogP contribution in [0.25, 0.3) is 10.9 Å². The first-order chi connectivity index (χ1) is 8.56. The molecule has 2 rings (SSSR count). The third kappa shape index (κ3) is 3.55. The second-order valence-electron chi connectivity index (χ2n) is 5.57. The van der Waals surface area contributed by atoms with Crippen LogP contribution in [0.4, 0.5) is 0 Å². The molecule has 98 valence electrons. The van der Waals surface area contributed by atoms with Gasteiger partial charge in [-0.1, -0.05) is 18.2 Å². The van der Waals surface area contributed by atoms with Crippen LogP contribution in [0.3, 0.4) is 0 Å². The molecule has 0 fully saturated rings. The Morgan fingerprint density at radius 3 is 2.72 bits per heavy atom. The highest BCUT2D eigenvalue weighted by molar-refractivity contribution is 5.81. The number of aromatic nitrogens is 2. The van der Waals surface area contributed by atoms with E-state index in [1.54, 1.807) is 0 Å². The number of hydrogen-bond donors (Lipinski definition) is 3. The van der Waals surface area contributed by atoms with Gasteiger partial charge in [0.15, 0.2) is 0 Å². The van der Waals surface area contributed by atoms with Crippen LogP contribution in [0.5, 0.6) is 0 Å². The fourth-order valence-electron chi connectivity index (χ4n) is 1.89. The molecular formula is C14H22N4. The fraction of sp³-hybridized carbons (Fsp3) is 0.500. The molecule has 0 aliphatic heterocycles. The number of fused-ring (bicyclic) bond motifs is 1. The molecule has 3 N–H and O–H groups in total. The Morgan fingerprint density at radius 2 is 1.94 bits per heavy atom. The van der Waals surface area contributed by atoms with Gasteiger partial charge in [0.25, 0.3) is 0 Å². The van der Waals surface area contributed by atoms with E-state index in [4.69, 9.17) is 0 Å². The molecule has 0 radical (unpaired) electrons. The number of aromatic amines is 1. The average Bonchev–Trinajstić information content (AvgIpc) is 2.71. The van der Waals surface area contributed by atoms with Crippen LogP contribution >= 0.6 is 0 Å². The van der Waals surface area contributed by atoms with Crippen molar-refractivity contribution in [2.45, 2.75) is 32.9 Å². The van der Waals surface area contributed by atoms with Crippen molar-refractivity contribution in [3.05, 3.63) is 30.0 Å². The van der Waals surface area contributed by atoms with E-state index in [2.05, 4.69) is 47.7 Å². The molecule has 0 saturated carbocycles. The van der Waals surface area contributed by atoms with Crippen molar-refractivity contribution >= 4 is 10.9 Å². The van der Waals surface area contributed by atoms with Crippen molar-refractivity contribution in [1.29, 1.82) is 0 Å². The largest absolute Gasteiger partial charge is 0.311 e. The minimum atomic E-state index is 0.183. The van der Waals surface area contributed by atoms with Gasteiger partial charge in [-0.3, -0.25) is 5.10 Å². The molecule has 1 aromatic carbocycles. The van der Waals surface area contributed by atoms with Gasteiger partial charge < -0.3 is 10.6 Å². The van der Waals surface area contributed by atoms with E-state index in [0.717, 1.165) is 30.8 Å². The van der Waals surface area contributed by atoms with Crippen molar-refractivity contribution < 1.29 is 0 Å². The fourth-order valence-corrected chi connectivity index (χ4v) is 1.89. The molecular weight excluding hydrogens is 224 g/mol. The van der Waals surface area contributed by atoms with Gasteiger partial charge in [-0.2, -0.15) is 5.10 Å². The highest BCUT2D eigenvalue weighted by atomic mass is 15.1. The maximum Gasteiger partial charge on any atom is 0.0924 e. The standard InChI is InChI=1S/C14H22N4/c1-14(2,3)16-9-8-15-10-13-11-6-4-5-7-12(11)17-18-13/h4-7,15-16H,8-10H2,1-3H3,(H,17,18). The lowest BCUT2D eigenvalue weighted by atomic mass is 10.1. The zero-order valence-electron chi connectivity index (χ0n) is 11.4. The van der Waals surface area contributed by atoms with E-state index in [1.165, 1.54) is 5.39 Å². The molecule has 0 saturated heterocycles. The Balaban J connectivity index is 1.80. The topological polar surface area (TPSA) is 52.7 Å². The summed E-state index contributed by atoms with van der Waals surface area (Å²) in [5, 5.41) is 15.4. The first-order valence-corrected chi connectivity index (χ1v) is 6.44. The third-order valence-corrected chi connectivity index (χ3v) is 2.80. The number of para-hydroxylation sites is 1. The van der Waals surface area contributed by atoms with Gasteiger partial charge in [0, 0.05) is 30.6 Å². The van der Waals surface area contributed by atoms with Crippen molar-refractivity contribution in [3.63, 3.8) is 0 Å². The maximum absolute atomic E-state index is 4.28. The molecule has 0 unspecified atom stereocenters. The number of H-pyrrole nitrogens is 1. The number of nitrogens with zero attached hydrogens (tertiary/aromatic N) is 1. The second-order valence-corrected chi connectivity index (χ2v) is 5.57. The molecule has 4 heteroatoms. The molecule has 1 aromatic heterocycles. The minimum Gasteiger partial charge on any atom is -0.311 e. The highest BCUT2D eigenvalue weighted by Gasteiger charge is 2.07. The third-order valence-electron chi connectivity index (χ3n) is 2.80. The number of nitrogens with one attached hydrogen (secondary N) is 3. The SMILES string of the molecule is CC(C)(C)NCCNCc1[nH]nc2ccccc12. The van der Waals surface area contributed by atoms with E-state index in [0.29, 0.717) is 0 Å². The molecule has 0 aliphatic rings. The van der Waals surface area contributed by atoms with Crippen LogP contribution in [0.15, 0.2) is 24.3 Å². The predicted octanol–water partition coefficient (Wildman–Crippen LogP) is 2.04. The lowest BCUT2D eigenvalue weighted by molar-refractivity contribution is 0.421. The number of hydrogen-bond acceptors (Lipinski definition) is 3. The molecule has 2 aromatic rings. The zero-order valence-corrected chi connectivity index (χ0v) is 11.4. The summed E-state index contributed by atoms with van der Waals surface area (Å²) in [6.07, 6.45) is 0. The summed E-state index contributed by atoms with van der Waals surface area (Å²) in [6, 6.07) is 8.18. The summed E-state index contributed by atoms with van der Waals surface area (Å²) in [5.74, 6) is 0. The highest BCUT2D eigenvalue weighted by Crippen LogP contribution is 2.14. The van der Waals surface area contributed by atoms with Crippen LogP contribution in [-0.4, -0.2) is 28.8 Å². The van der Waals surface area contributed by atoms with Crippen LogP contribution < -0.4 is 10.6 Å². The van der Waals surface area contributed by atoms with E-state index in [1.807, 2.05) is 18.2 Å². The van der Waals surface area contributed by atoms with E-state index < -0.39 is 0 Å². The van der Waals surface area contributed by atoms with Crippen molar-refractivity contribution in [3.8, 4) is 0 Å². The van der Waals surface area contributed by atoms with Gasteiger partial charge in [-0.15, -0.1) is 0 Å². The smallest absolute Gasteiger partial charge is 0.0924 e. The number of rotatable bonds is 5. The van der Waals surface area contributed by atoms with Gasteiger partial charge in [-0.05, 0) is 26.8 Å². The van der Waals surface area contributed by atoms with E-state index in [9.17, 15) is 0 Å². The van der Waals surface area contributed by atoms with Crippen molar-refractivity contribution in [2.75, 3.05) is 13.1 Å². The molecule has 0 atom stereocenters. The van der Waals surface area contributed by atoms with Gasteiger partial charge >= 0.3 is 0 Å². The summed E-state index contributed by atoms with van der Waals surface area (Å²) in [7, 11) is 0. The average molecular weight is 246 g/mol. The molecule has 0 bridgehead atoms. The van der Waals surface area contributed by atoms with Crippen LogP contribution in [0.2, 0.25) is 0 Å². The lowest BCUT2D eigenvalue weighted by Crippen LogP contribution is -2.40. The Labute approximate surface area is 108 Å². The summed E-state index contributed by atoms with van der Waals surface area (Å²) in [5.41, 5.74) is 2.37. The first-order valence-electron chi connectivity index (χ1n) is 6.44. The Hall–Kier alpha value is -1.39. The minimum absolute atomic E-state index is 0.183. The monoisotopic (exact) mass is 246 g/mol. The summed E-state index contributed by atoms with van der Waals surface area (Å²) in [4.78, 5) is 0. The Bertz CT molecular complexity index is 496. The molecule has 0 spiro atoms. The van der Waals surface area contributed by atoms with Gasteiger partial charge in [0.2, 0.25) is 0 Å². The first kappa shape index (κ1) is 13.1. The van der Waals surface area contributed by atoms with Gasteiger partial charge in [0.05, 0.1) is 11.2 Å². The summed E-state index contributed by atoms with van der Waals surface area (Å²) < 4.78 is 0. The van der Waals surface area contributed by atoms with Crippen LogP contribution in [0, 0.1) is 0 Å². The molecule has 0 aliphatic carbocycles. The van der Waals surface area contributed by atoms with Crippen LogP contribution in [-0.2, 0) is 6.54 Å². The van der Waals surface area contributed by atoms with Crippen LogP contribution in [0.1, 0.15) is 26.5 Å². The van der Waals surface area contributed by atoms with Gasteiger partial charge in [-0.25, -0.2) is 0 Å². The van der Waals surface area contributed by atoms with Crippen molar-refractivity contribution in [2.24, 2.45) is 0 Å². The normalized spacial score (nSPS) is 12.2. The molecule has 4 nitrogen and oxygen atoms in total. The molecule has 18 heavy (non-hydrogen) atoms. The van der Waals surface area contributed by atoms with Crippen molar-refractivity contribution in [1.82, 2.24) is 20.8 Å². The molecule has 1 heterocycles. The quantitative estimate of drug-likeness (QED) is 0.708. The maximum atomic E-state index is 4.28. The predicted molar refractivity (Wildman–Crippen MR) is 75.6 cm³/mol. The second kappa shape index (κ2) is 5.50. The molecule has 0 amide bonds. The zero-order chi connectivity index (χ0) is 13.0. The Morgan fingerprint density at radius 1 is 1.17 bits per heavy atom. The number of benzene rings is 1. The van der Waals surface area contributed by atoms with E-state index in [-0.39, 0.29) is 5.54 Å². The Kier molecular flexibility index (Phi) is 3.99. The summed E-state index contributed by atoms with van der Waals surface area (Å²) in [6.45, 7) is 9.27.